The third kappa shape index (κ3) is 5.57. The number of nitrogens with zero attached hydrogens (tertiary/aromatic N) is 1. The van der Waals surface area contributed by atoms with Crippen molar-refractivity contribution in [3.05, 3.63) is 0 Å². The molecule has 2 saturated heterocycles. The van der Waals surface area contributed by atoms with Crippen molar-refractivity contribution in [3.8, 4) is 0 Å². The summed E-state index contributed by atoms with van der Waals surface area (Å²) in [5.41, 5.74) is 0.00813. The van der Waals surface area contributed by atoms with Crippen molar-refractivity contribution in [1.29, 1.82) is 0 Å². The predicted molar refractivity (Wildman–Crippen MR) is 84.3 cm³/mol. The molecule has 2 aliphatic rings. The van der Waals surface area contributed by atoms with E-state index >= 15 is 0 Å². The van der Waals surface area contributed by atoms with Crippen LogP contribution in [0.1, 0.15) is 39.5 Å². The third-order valence-corrected chi connectivity index (χ3v) is 4.82. The van der Waals surface area contributed by atoms with Gasteiger partial charge in [-0.2, -0.15) is 0 Å². The van der Waals surface area contributed by atoms with Gasteiger partial charge in [0.25, 0.3) is 0 Å². The zero-order valence-corrected chi connectivity index (χ0v) is 13.6. The Bertz CT molecular complexity index is 321. The Labute approximate surface area is 128 Å². The molecule has 0 saturated carbocycles. The van der Waals surface area contributed by atoms with E-state index in [1.54, 1.807) is 0 Å². The minimum Gasteiger partial charge on any atom is -0.379 e. The van der Waals surface area contributed by atoms with E-state index in [-0.39, 0.29) is 11.4 Å². The van der Waals surface area contributed by atoms with E-state index in [4.69, 9.17) is 4.74 Å². The van der Waals surface area contributed by atoms with Crippen LogP contribution >= 0.6 is 0 Å². The fourth-order valence-corrected chi connectivity index (χ4v) is 3.19. The first-order valence-corrected chi connectivity index (χ1v) is 8.38. The summed E-state index contributed by atoms with van der Waals surface area (Å²) in [5.74, 6) is 0.930. The fourth-order valence-electron chi connectivity index (χ4n) is 3.19. The number of piperidine rings is 1. The minimum absolute atomic E-state index is 0.00813. The first kappa shape index (κ1) is 16.7. The SMILES string of the molecule is CC(C)(CNC(=O)CCC1CCNCC1)N1CCOCC1. The summed E-state index contributed by atoms with van der Waals surface area (Å²) in [5, 5.41) is 6.49. The first-order valence-electron chi connectivity index (χ1n) is 8.38. The van der Waals surface area contributed by atoms with E-state index in [0.717, 1.165) is 58.3 Å². The Balaban J connectivity index is 1.64. The van der Waals surface area contributed by atoms with Gasteiger partial charge in [-0.1, -0.05) is 0 Å². The van der Waals surface area contributed by atoms with E-state index in [0.29, 0.717) is 6.42 Å². The summed E-state index contributed by atoms with van der Waals surface area (Å²) in [6.07, 6.45) is 4.13. The molecular formula is C16H31N3O2. The highest BCUT2D eigenvalue weighted by Gasteiger charge is 2.28. The van der Waals surface area contributed by atoms with Gasteiger partial charge in [-0.05, 0) is 52.1 Å². The lowest BCUT2D eigenvalue weighted by molar-refractivity contribution is -0.122. The molecule has 21 heavy (non-hydrogen) atoms. The normalized spacial score (nSPS) is 22.2. The lowest BCUT2D eigenvalue weighted by Gasteiger charge is -2.40. The number of hydrogen-bond donors (Lipinski definition) is 2. The van der Waals surface area contributed by atoms with Gasteiger partial charge in [-0.15, -0.1) is 0 Å². The van der Waals surface area contributed by atoms with Crippen molar-refractivity contribution in [2.75, 3.05) is 45.9 Å². The summed E-state index contributed by atoms with van der Waals surface area (Å²) >= 11 is 0. The second-order valence-corrected chi connectivity index (χ2v) is 6.92. The summed E-state index contributed by atoms with van der Waals surface area (Å²) in [7, 11) is 0. The lowest BCUT2D eigenvalue weighted by atomic mass is 9.93. The highest BCUT2D eigenvalue weighted by molar-refractivity contribution is 5.75. The minimum atomic E-state index is 0.00813. The van der Waals surface area contributed by atoms with Crippen LogP contribution in [0.15, 0.2) is 0 Å². The van der Waals surface area contributed by atoms with Gasteiger partial charge in [0.2, 0.25) is 5.91 Å². The number of carbonyl (C=O) groups is 1. The summed E-state index contributed by atoms with van der Waals surface area (Å²) < 4.78 is 5.39. The highest BCUT2D eigenvalue weighted by atomic mass is 16.5. The van der Waals surface area contributed by atoms with Crippen molar-refractivity contribution < 1.29 is 9.53 Å². The van der Waals surface area contributed by atoms with Crippen molar-refractivity contribution >= 4 is 5.91 Å². The molecule has 0 unspecified atom stereocenters. The molecule has 0 spiro atoms. The lowest BCUT2D eigenvalue weighted by Crippen LogP contribution is -2.55. The first-order chi connectivity index (χ1) is 10.1. The van der Waals surface area contributed by atoms with E-state index in [9.17, 15) is 4.79 Å². The number of carbonyl (C=O) groups excluding carboxylic acids is 1. The van der Waals surface area contributed by atoms with Crippen LogP contribution in [0.4, 0.5) is 0 Å². The number of hydrogen-bond acceptors (Lipinski definition) is 4. The maximum absolute atomic E-state index is 12.0. The molecule has 0 radical (unpaired) electrons. The Kier molecular flexibility index (Phi) is 6.45. The van der Waals surface area contributed by atoms with Gasteiger partial charge in [0.15, 0.2) is 0 Å². The summed E-state index contributed by atoms with van der Waals surface area (Å²) in [6.45, 7) is 10.8. The van der Waals surface area contributed by atoms with Crippen LogP contribution in [0, 0.1) is 5.92 Å². The molecule has 2 aliphatic heterocycles. The molecule has 0 aromatic rings. The van der Waals surface area contributed by atoms with Gasteiger partial charge in [0.05, 0.1) is 13.2 Å². The maximum Gasteiger partial charge on any atom is 0.220 e. The Morgan fingerprint density at radius 1 is 1.29 bits per heavy atom. The molecule has 5 heteroatoms. The molecule has 122 valence electrons. The van der Waals surface area contributed by atoms with Crippen molar-refractivity contribution in [3.63, 3.8) is 0 Å². The van der Waals surface area contributed by atoms with E-state index < -0.39 is 0 Å². The van der Waals surface area contributed by atoms with Crippen molar-refractivity contribution in [2.24, 2.45) is 5.92 Å². The average Bonchev–Trinajstić information content (AvgIpc) is 2.53. The predicted octanol–water partition coefficient (Wildman–Crippen LogP) is 0.993. The number of amides is 1. The van der Waals surface area contributed by atoms with Gasteiger partial charge in [0, 0.05) is 31.6 Å². The third-order valence-electron chi connectivity index (χ3n) is 4.82. The quantitative estimate of drug-likeness (QED) is 0.768. The second kappa shape index (κ2) is 8.11. The second-order valence-electron chi connectivity index (χ2n) is 6.92. The van der Waals surface area contributed by atoms with Gasteiger partial charge < -0.3 is 15.4 Å². The molecule has 2 N–H and O–H groups in total. The molecule has 1 amide bonds. The molecule has 2 heterocycles. The monoisotopic (exact) mass is 297 g/mol. The van der Waals surface area contributed by atoms with Crippen LogP contribution in [-0.2, 0) is 9.53 Å². The summed E-state index contributed by atoms with van der Waals surface area (Å²) in [4.78, 5) is 14.5. The van der Waals surface area contributed by atoms with E-state index in [2.05, 4.69) is 29.4 Å². The van der Waals surface area contributed by atoms with E-state index in [1.165, 1.54) is 12.8 Å². The van der Waals surface area contributed by atoms with Crippen LogP contribution in [0.25, 0.3) is 0 Å². The number of nitrogens with one attached hydrogen (secondary N) is 2. The standard InChI is InChI=1S/C16H31N3O2/c1-16(2,19-9-11-21-12-10-19)13-18-15(20)4-3-14-5-7-17-8-6-14/h14,17H,3-13H2,1-2H3,(H,18,20). The number of morpholine rings is 1. The molecule has 0 aromatic carbocycles. The molecule has 0 aromatic heterocycles. The van der Waals surface area contributed by atoms with E-state index in [1.807, 2.05) is 0 Å². The Morgan fingerprint density at radius 3 is 2.62 bits per heavy atom. The Morgan fingerprint density at radius 2 is 1.95 bits per heavy atom. The molecule has 5 nitrogen and oxygen atoms in total. The molecule has 2 rings (SSSR count). The molecular weight excluding hydrogens is 266 g/mol. The molecule has 2 fully saturated rings. The molecule has 0 bridgehead atoms. The molecule has 0 atom stereocenters. The largest absolute Gasteiger partial charge is 0.379 e. The van der Waals surface area contributed by atoms with Crippen LogP contribution < -0.4 is 10.6 Å². The van der Waals surface area contributed by atoms with Crippen LogP contribution in [0.5, 0.6) is 0 Å². The summed E-state index contributed by atoms with van der Waals surface area (Å²) in [6, 6.07) is 0. The van der Waals surface area contributed by atoms with Gasteiger partial charge >= 0.3 is 0 Å². The Hall–Kier alpha value is -0.650. The zero-order chi connectivity index (χ0) is 15.1. The average molecular weight is 297 g/mol. The topological polar surface area (TPSA) is 53.6 Å². The van der Waals surface area contributed by atoms with Crippen LogP contribution in [-0.4, -0.2) is 62.3 Å². The zero-order valence-electron chi connectivity index (χ0n) is 13.6. The van der Waals surface area contributed by atoms with Gasteiger partial charge in [-0.3, -0.25) is 9.69 Å². The van der Waals surface area contributed by atoms with Gasteiger partial charge in [-0.25, -0.2) is 0 Å². The smallest absolute Gasteiger partial charge is 0.220 e. The van der Waals surface area contributed by atoms with Crippen molar-refractivity contribution in [1.82, 2.24) is 15.5 Å². The van der Waals surface area contributed by atoms with Crippen LogP contribution in [0.2, 0.25) is 0 Å². The number of rotatable bonds is 6. The number of ether oxygens (including phenoxy) is 1. The fraction of sp³-hybridized carbons (Fsp3) is 0.938. The van der Waals surface area contributed by atoms with Crippen LogP contribution in [0.3, 0.4) is 0 Å². The van der Waals surface area contributed by atoms with Gasteiger partial charge in [0.1, 0.15) is 0 Å². The van der Waals surface area contributed by atoms with Crippen molar-refractivity contribution in [2.45, 2.75) is 45.1 Å². The highest BCUT2D eigenvalue weighted by Crippen LogP contribution is 2.18. The maximum atomic E-state index is 12.0. The molecule has 0 aliphatic carbocycles.